The second-order valence-electron chi connectivity index (χ2n) is 6.07. The molecular formula is C20H24N2O4. The Bertz CT molecular complexity index is 815. The number of pyridine rings is 1. The number of aromatic nitrogens is 1. The van der Waals surface area contributed by atoms with Crippen LogP contribution in [0.1, 0.15) is 47.1 Å². The first-order valence-corrected chi connectivity index (χ1v) is 8.48. The number of Topliss-reactive ketones (excluding diaryl/α,β-unsaturated/α-hetero) is 1. The highest BCUT2D eigenvalue weighted by Crippen LogP contribution is 2.30. The Morgan fingerprint density at radius 1 is 1.15 bits per heavy atom. The fourth-order valence-corrected chi connectivity index (χ4v) is 2.72. The fourth-order valence-electron chi connectivity index (χ4n) is 2.72. The van der Waals surface area contributed by atoms with Crippen molar-refractivity contribution in [3.63, 3.8) is 0 Å². The molecule has 26 heavy (non-hydrogen) atoms. The monoisotopic (exact) mass is 356 g/mol. The van der Waals surface area contributed by atoms with Gasteiger partial charge in [0.1, 0.15) is 0 Å². The fraction of sp³-hybridized carbons (Fsp3) is 0.350. The Hall–Kier alpha value is -2.89. The second-order valence-corrected chi connectivity index (χ2v) is 6.07. The van der Waals surface area contributed by atoms with Gasteiger partial charge in [-0.05, 0) is 24.1 Å². The van der Waals surface area contributed by atoms with Crippen LogP contribution in [0.4, 0.5) is 5.69 Å². The first-order chi connectivity index (χ1) is 12.4. The summed E-state index contributed by atoms with van der Waals surface area (Å²) in [6.45, 7) is 5.67. The summed E-state index contributed by atoms with van der Waals surface area (Å²) in [6, 6.07) is 7.01. The lowest BCUT2D eigenvalue weighted by atomic mass is 9.93. The van der Waals surface area contributed by atoms with E-state index < -0.39 is 5.91 Å². The van der Waals surface area contributed by atoms with Gasteiger partial charge in [0.25, 0.3) is 11.8 Å². The molecule has 6 heteroatoms. The average Bonchev–Trinajstić information content (AvgIpc) is 2.66. The Kier molecular flexibility index (Phi) is 6.33. The zero-order chi connectivity index (χ0) is 19.3. The standard InChI is InChI=1S/C20H24N2O4/c1-6-13-8-7-9-15(16(13)17(23)12(2)3)22-19(24)14-10-11-21-20(26-5)18(14)25-4/h7-12H,6H2,1-5H3,(H,22,24). The smallest absolute Gasteiger partial charge is 0.259 e. The van der Waals surface area contributed by atoms with Crippen molar-refractivity contribution < 1.29 is 19.1 Å². The number of carbonyl (C=O) groups excluding carboxylic acids is 2. The molecule has 0 saturated heterocycles. The number of carbonyl (C=O) groups is 2. The van der Waals surface area contributed by atoms with Crippen molar-refractivity contribution in [3.8, 4) is 11.6 Å². The molecule has 2 aromatic rings. The number of hydrogen-bond acceptors (Lipinski definition) is 5. The number of ether oxygens (including phenoxy) is 2. The molecule has 0 aliphatic rings. The number of anilines is 1. The van der Waals surface area contributed by atoms with E-state index in [9.17, 15) is 9.59 Å². The van der Waals surface area contributed by atoms with E-state index in [0.29, 0.717) is 17.7 Å². The summed E-state index contributed by atoms with van der Waals surface area (Å²) in [7, 11) is 2.90. The number of rotatable bonds is 7. The van der Waals surface area contributed by atoms with Crippen molar-refractivity contribution in [2.75, 3.05) is 19.5 Å². The minimum Gasteiger partial charge on any atom is -0.491 e. The summed E-state index contributed by atoms with van der Waals surface area (Å²) in [5.41, 5.74) is 2.23. The number of benzene rings is 1. The third-order valence-electron chi connectivity index (χ3n) is 4.06. The molecular weight excluding hydrogens is 332 g/mol. The molecule has 1 aromatic heterocycles. The van der Waals surface area contributed by atoms with Crippen LogP contribution in [0.15, 0.2) is 30.5 Å². The van der Waals surface area contributed by atoms with Gasteiger partial charge in [-0.15, -0.1) is 0 Å². The Labute approximate surface area is 153 Å². The highest BCUT2D eigenvalue weighted by Gasteiger charge is 2.22. The summed E-state index contributed by atoms with van der Waals surface area (Å²) in [5, 5.41) is 2.84. The van der Waals surface area contributed by atoms with Gasteiger partial charge >= 0.3 is 0 Å². The van der Waals surface area contributed by atoms with Crippen LogP contribution in [0.25, 0.3) is 0 Å². The molecule has 0 spiro atoms. The van der Waals surface area contributed by atoms with E-state index >= 15 is 0 Å². The molecule has 1 amide bonds. The topological polar surface area (TPSA) is 77.5 Å². The van der Waals surface area contributed by atoms with Crippen LogP contribution in [-0.4, -0.2) is 30.9 Å². The van der Waals surface area contributed by atoms with Crippen LogP contribution < -0.4 is 14.8 Å². The van der Waals surface area contributed by atoms with Gasteiger partial charge in [0, 0.05) is 17.7 Å². The number of hydrogen-bond donors (Lipinski definition) is 1. The molecule has 1 heterocycles. The maximum Gasteiger partial charge on any atom is 0.259 e. The Morgan fingerprint density at radius 2 is 1.88 bits per heavy atom. The summed E-state index contributed by atoms with van der Waals surface area (Å²) < 4.78 is 10.4. The lowest BCUT2D eigenvalue weighted by molar-refractivity contribution is 0.0939. The number of methoxy groups -OCH3 is 2. The number of nitrogens with one attached hydrogen (secondary N) is 1. The normalized spacial score (nSPS) is 10.5. The predicted molar refractivity (Wildman–Crippen MR) is 100 cm³/mol. The summed E-state index contributed by atoms with van der Waals surface area (Å²) >= 11 is 0. The van der Waals surface area contributed by atoms with Gasteiger partial charge in [-0.2, -0.15) is 0 Å². The van der Waals surface area contributed by atoms with Gasteiger partial charge in [-0.3, -0.25) is 9.59 Å². The lowest BCUT2D eigenvalue weighted by Crippen LogP contribution is -2.19. The first-order valence-electron chi connectivity index (χ1n) is 8.48. The highest BCUT2D eigenvalue weighted by atomic mass is 16.5. The molecule has 1 aromatic carbocycles. The molecule has 1 N–H and O–H groups in total. The van der Waals surface area contributed by atoms with Crippen LogP contribution >= 0.6 is 0 Å². The zero-order valence-corrected chi connectivity index (χ0v) is 15.8. The van der Waals surface area contributed by atoms with Gasteiger partial charge < -0.3 is 14.8 Å². The third kappa shape index (κ3) is 3.85. The van der Waals surface area contributed by atoms with E-state index in [2.05, 4.69) is 10.3 Å². The van der Waals surface area contributed by atoms with E-state index in [1.54, 1.807) is 12.1 Å². The molecule has 0 bridgehead atoms. The van der Waals surface area contributed by atoms with Crippen LogP contribution in [0, 0.1) is 5.92 Å². The van der Waals surface area contributed by atoms with Crippen molar-refractivity contribution in [3.05, 3.63) is 47.2 Å². The Balaban J connectivity index is 2.46. The van der Waals surface area contributed by atoms with Crippen LogP contribution in [0.3, 0.4) is 0 Å². The average molecular weight is 356 g/mol. The molecule has 0 unspecified atom stereocenters. The molecule has 6 nitrogen and oxygen atoms in total. The summed E-state index contributed by atoms with van der Waals surface area (Å²) in [6.07, 6.45) is 2.17. The van der Waals surface area contributed by atoms with Gasteiger partial charge in [-0.1, -0.05) is 32.9 Å². The SMILES string of the molecule is CCc1cccc(NC(=O)c2ccnc(OC)c2OC)c1C(=O)C(C)C. The molecule has 2 rings (SSSR count). The molecule has 0 fully saturated rings. The quantitative estimate of drug-likeness (QED) is 0.765. The first kappa shape index (κ1) is 19.4. The minimum atomic E-state index is -0.395. The Morgan fingerprint density at radius 3 is 2.46 bits per heavy atom. The van der Waals surface area contributed by atoms with Gasteiger partial charge in [0.05, 0.1) is 25.5 Å². The molecule has 0 radical (unpaired) electrons. The highest BCUT2D eigenvalue weighted by molar-refractivity contribution is 6.11. The maximum atomic E-state index is 12.8. The molecule has 0 atom stereocenters. The largest absolute Gasteiger partial charge is 0.491 e. The van der Waals surface area contributed by atoms with Gasteiger partial charge in [0.15, 0.2) is 11.5 Å². The van der Waals surface area contributed by atoms with Gasteiger partial charge in [0.2, 0.25) is 0 Å². The zero-order valence-electron chi connectivity index (χ0n) is 15.8. The van der Waals surface area contributed by atoms with E-state index in [4.69, 9.17) is 9.47 Å². The van der Waals surface area contributed by atoms with E-state index in [0.717, 1.165) is 5.56 Å². The predicted octanol–water partition coefficient (Wildman–Crippen LogP) is 3.75. The molecule has 0 aliphatic heterocycles. The number of aryl methyl sites for hydroxylation is 1. The molecule has 0 aliphatic carbocycles. The molecule has 0 saturated carbocycles. The maximum absolute atomic E-state index is 12.8. The lowest BCUT2D eigenvalue weighted by Gasteiger charge is -2.17. The second kappa shape index (κ2) is 8.47. The van der Waals surface area contributed by atoms with E-state index in [1.165, 1.54) is 20.4 Å². The van der Waals surface area contributed by atoms with Crippen LogP contribution in [0.5, 0.6) is 11.6 Å². The van der Waals surface area contributed by atoms with Crippen molar-refractivity contribution >= 4 is 17.4 Å². The number of nitrogens with zero attached hydrogens (tertiary/aromatic N) is 1. The van der Waals surface area contributed by atoms with E-state index in [-0.39, 0.29) is 28.9 Å². The van der Waals surface area contributed by atoms with E-state index in [1.807, 2.05) is 32.9 Å². The van der Waals surface area contributed by atoms with Gasteiger partial charge in [-0.25, -0.2) is 4.98 Å². The summed E-state index contributed by atoms with van der Waals surface area (Å²) in [5.74, 6) is -0.101. The molecule has 138 valence electrons. The third-order valence-corrected chi connectivity index (χ3v) is 4.06. The van der Waals surface area contributed by atoms with Crippen LogP contribution in [-0.2, 0) is 6.42 Å². The van der Waals surface area contributed by atoms with Crippen molar-refractivity contribution in [1.29, 1.82) is 0 Å². The van der Waals surface area contributed by atoms with Crippen molar-refractivity contribution in [2.45, 2.75) is 27.2 Å². The number of amides is 1. The van der Waals surface area contributed by atoms with Crippen molar-refractivity contribution in [1.82, 2.24) is 4.98 Å². The minimum absolute atomic E-state index is 0.00276. The number of ketones is 1. The van der Waals surface area contributed by atoms with Crippen molar-refractivity contribution in [2.24, 2.45) is 5.92 Å². The summed E-state index contributed by atoms with van der Waals surface area (Å²) in [4.78, 5) is 29.5. The van der Waals surface area contributed by atoms with Crippen LogP contribution in [0.2, 0.25) is 0 Å².